The van der Waals surface area contributed by atoms with Gasteiger partial charge in [0.1, 0.15) is 17.0 Å². The van der Waals surface area contributed by atoms with Gasteiger partial charge in [-0.1, -0.05) is 11.6 Å². The van der Waals surface area contributed by atoms with Crippen molar-refractivity contribution in [2.45, 2.75) is 0 Å². The van der Waals surface area contributed by atoms with Crippen LogP contribution in [0.4, 0.5) is 5.69 Å². The van der Waals surface area contributed by atoms with Crippen LogP contribution in [0.25, 0.3) is 22.6 Å². The lowest BCUT2D eigenvalue weighted by Crippen LogP contribution is -2.34. The smallest absolute Gasteiger partial charge is 0.257 e. The SMILES string of the molecule is COc1ccc(C(=O)NC(=S)Nc2ccc3oc(-c4ccc(O)c(Br)c4)nc3c2)cc1Cl. The standard InChI is InChI=1S/C22H15BrClN3O4S/c1-30-18-6-3-11(9-15(18)24)20(29)27-22(32)25-13-4-7-19-16(10-13)26-21(31-19)12-2-5-17(28)14(23)8-12/h2-10,28H,1H3,(H2,25,27,29,32). The first-order valence-electron chi connectivity index (χ1n) is 9.19. The Balaban J connectivity index is 1.47. The molecule has 0 bridgehead atoms. The van der Waals surface area contributed by atoms with Crippen molar-refractivity contribution in [2.24, 2.45) is 0 Å². The summed E-state index contributed by atoms with van der Waals surface area (Å²) >= 11 is 14.6. The summed E-state index contributed by atoms with van der Waals surface area (Å²) < 4.78 is 11.4. The van der Waals surface area contributed by atoms with Crippen LogP contribution in [0, 0.1) is 0 Å². The molecule has 3 N–H and O–H groups in total. The van der Waals surface area contributed by atoms with Crippen LogP contribution in [0.15, 0.2) is 63.5 Å². The summed E-state index contributed by atoms with van der Waals surface area (Å²) in [5.41, 5.74) is 2.86. The number of hydrogen-bond acceptors (Lipinski definition) is 6. The van der Waals surface area contributed by atoms with Gasteiger partial charge in [-0.2, -0.15) is 0 Å². The van der Waals surface area contributed by atoms with E-state index in [1.54, 1.807) is 48.5 Å². The van der Waals surface area contributed by atoms with E-state index in [1.165, 1.54) is 13.2 Å². The van der Waals surface area contributed by atoms with Crippen molar-refractivity contribution in [2.75, 3.05) is 12.4 Å². The number of oxazole rings is 1. The van der Waals surface area contributed by atoms with Crippen LogP contribution in [-0.4, -0.2) is 28.2 Å². The molecule has 32 heavy (non-hydrogen) atoms. The number of anilines is 1. The summed E-state index contributed by atoms with van der Waals surface area (Å²) in [5.74, 6) is 0.604. The molecule has 0 fully saturated rings. The minimum absolute atomic E-state index is 0.118. The predicted octanol–water partition coefficient (Wildman–Crippen LogP) is 5.75. The van der Waals surface area contributed by atoms with Gasteiger partial charge in [0.05, 0.1) is 16.6 Å². The predicted molar refractivity (Wildman–Crippen MR) is 131 cm³/mol. The summed E-state index contributed by atoms with van der Waals surface area (Å²) in [7, 11) is 1.50. The van der Waals surface area contributed by atoms with Crippen LogP contribution in [0.1, 0.15) is 10.4 Å². The third-order valence-corrected chi connectivity index (χ3v) is 5.62. The molecular weight excluding hydrogens is 518 g/mol. The second kappa shape index (κ2) is 9.15. The molecule has 3 aromatic carbocycles. The van der Waals surface area contributed by atoms with Gasteiger partial charge in [-0.25, -0.2) is 4.98 Å². The molecule has 7 nitrogen and oxygen atoms in total. The number of halogens is 2. The summed E-state index contributed by atoms with van der Waals surface area (Å²) in [5, 5.41) is 15.7. The van der Waals surface area contributed by atoms with Crippen molar-refractivity contribution < 1.29 is 19.1 Å². The summed E-state index contributed by atoms with van der Waals surface area (Å²) in [6.45, 7) is 0. The summed E-state index contributed by atoms with van der Waals surface area (Å²) in [4.78, 5) is 16.9. The van der Waals surface area contributed by atoms with Crippen molar-refractivity contribution in [1.82, 2.24) is 10.3 Å². The number of ether oxygens (including phenoxy) is 1. The Hall–Kier alpha value is -3.14. The molecule has 10 heteroatoms. The van der Waals surface area contributed by atoms with E-state index in [0.29, 0.717) is 49.0 Å². The van der Waals surface area contributed by atoms with Gasteiger partial charge in [0, 0.05) is 16.8 Å². The first kappa shape index (κ1) is 22.1. The van der Waals surface area contributed by atoms with Gasteiger partial charge in [0.15, 0.2) is 10.7 Å². The number of benzene rings is 3. The van der Waals surface area contributed by atoms with Crippen LogP contribution in [-0.2, 0) is 0 Å². The lowest BCUT2D eigenvalue weighted by molar-refractivity contribution is 0.0977. The molecule has 0 aliphatic carbocycles. The first-order valence-corrected chi connectivity index (χ1v) is 10.8. The number of aromatic nitrogens is 1. The number of phenols is 1. The average molecular weight is 533 g/mol. The van der Waals surface area contributed by atoms with Gasteiger partial charge in [-0.3, -0.25) is 10.1 Å². The second-order valence-corrected chi connectivity index (χ2v) is 8.30. The van der Waals surface area contributed by atoms with Gasteiger partial charge in [-0.15, -0.1) is 0 Å². The molecule has 0 saturated carbocycles. The van der Waals surface area contributed by atoms with Crippen LogP contribution >= 0.6 is 39.7 Å². The molecule has 162 valence electrons. The fourth-order valence-corrected chi connectivity index (χ4v) is 3.76. The monoisotopic (exact) mass is 531 g/mol. The van der Waals surface area contributed by atoms with E-state index in [0.717, 1.165) is 0 Å². The van der Waals surface area contributed by atoms with E-state index >= 15 is 0 Å². The number of carbonyl (C=O) groups excluding carboxylic acids is 1. The Morgan fingerprint density at radius 1 is 1.19 bits per heavy atom. The lowest BCUT2D eigenvalue weighted by atomic mass is 10.2. The number of hydrogen-bond donors (Lipinski definition) is 3. The highest BCUT2D eigenvalue weighted by molar-refractivity contribution is 9.10. The number of amides is 1. The number of thiocarbonyl (C=S) groups is 1. The van der Waals surface area contributed by atoms with E-state index in [2.05, 4.69) is 31.5 Å². The van der Waals surface area contributed by atoms with E-state index in [-0.39, 0.29) is 10.9 Å². The van der Waals surface area contributed by atoms with Crippen molar-refractivity contribution in [3.8, 4) is 23.0 Å². The van der Waals surface area contributed by atoms with Gasteiger partial charge in [0.25, 0.3) is 5.91 Å². The Kier molecular flexibility index (Phi) is 6.31. The van der Waals surface area contributed by atoms with Crippen LogP contribution in [0.2, 0.25) is 5.02 Å². The van der Waals surface area contributed by atoms with Gasteiger partial charge < -0.3 is 19.6 Å². The van der Waals surface area contributed by atoms with E-state index < -0.39 is 5.91 Å². The highest BCUT2D eigenvalue weighted by Gasteiger charge is 2.13. The van der Waals surface area contributed by atoms with Crippen molar-refractivity contribution in [3.63, 3.8) is 0 Å². The third-order valence-electron chi connectivity index (χ3n) is 4.48. The van der Waals surface area contributed by atoms with Crippen LogP contribution < -0.4 is 15.4 Å². The number of carbonyl (C=O) groups is 1. The Bertz CT molecular complexity index is 1360. The number of fused-ring (bicyclic) bond motifs is 1. The second-order valence-electron chi connectivity index (χ2n) is 6.63. The molecular formula is C22H15BrClN3O4S. The molecule has 4 rings (SSSR count). The molecule has 0 aliphatic heterocycles. The molecule has 1 heterocycles. The molecule has 0 radical (unpaired) electrons. The van der Waals surface area contributed by atoms with Gasteiger partial charge >= 0.3 is 0 Å². The van der Waals surface area contributed by atoms with E-state index in [1.807, 2.05) is 0 Å². The van der Waals surface area contributed by atoms with Crippen molar-refractivity contribution in [1.29, 1.82) is 0 Å². The molecule has 0 atom stereocenters. The maximum Gasteiger partial charge on any atom is 0.257 e. The van der Waals surface area contributed by atoms with Gasteiger partial charge in [-0.05, 0) is 82.7 Å². The zero-order valence-electron chi connectivity index (χ0n) is 16.5. The number of methoxy groups -OCH3 is 1. The van der Waals surface area contributed by atoms with Crippen LogP contribution in [0.3, 0.4) is 0 Å². The minimum atomic E-state index is -0.408. The van der Waals surface area contributed by atoms with E-state index in [4.69, 9.17) is 33.0 Å². The minimum Gasteiger partial charge on any atom is -0.507 e. The number of phenolic OH excluding ortho intramolecular Hbond substituents is 1. The van der Waals surface area contributed by atoms with Crippen LogP contribution in [0.5, 0.6) is 11.5 Å². The van der Waals surface area contributed by atoms with Gasteiger partial charge in [0.2, 0.25) is 5.89 Å². The zero-order valence-corrected chi connectivity index (χ0v) is 19.6. The third kappa shape index (κ3) is 4.69. The average Bonchev–Trinajstić information content (AvgIpc) is 3.19. The molecule has 4 aromatic rings. The topological polar surface area (TPSA) is 96.6 Å². The lowest BCUT2D eigenvalue weighted by Gasteiger charge is -2.10. The Morgan fingerprint density at radius 2 is 2.00 bits per heavy atom. The fourth-order valence-electron chi connectivity index (χ4n) is 2.91. The molecule has 0 saturated heterocycles. The largest absolute Gasteiger partial charge is 0.507 e. The zero-order chi connectivity index (χ0) is 22.8. The number of nitrogens with zero attached hydrogens (tertiary/aromatic N) is 1. The molecule has 0 spiro atoms. The number of aromatic hydroxyl groups is 1. The summed E-state index contributed by atoms with van der Waals surface area (Å²) in [6, 6.07) is 14.9. The molecule has 0 aliphatic rings. The van der Waals surface area contributed by atoms with Crippen molar-refractivity contribution >= 4 is 67.6 Å². The fraction of sp³-hybridized carbons (Fsp3) is 0.0455. The number of rotatable bonds is 4. The van der Waals surface area contributed by atoms with Crippen molar-refractivity contribution in [3.05, 3.63) is 69.7 Å². The Morgan fingerprint density at radius 3 is 2.72 bits per heavy atom. The highest BCUT2D eigenvalue weighted by Crippen LogP contribution is 2.31. The molecule has 1 aromatic heterocycles. The highest BCUT2D eigenvalue weighted by atomic mass is 79.9. The number of nitrogens with one attached hydrogen (secondary N) is 2. The quantitative estimate of drug-likeness (QED) is 0.288. The Labute approximate surface area is 201 Å². The maximum atomic E-state index is 12.4. The maximum absolute atomic E-state index is 12.4. The normalized spacial score (nSPS) is 10.7. The van der Waals surface area contributed by atoms with E-state index in [9.17, 15) is 9.90 Å². The molecule has 1 amide bonds. The molecule has 0 unspecified atom stereocenters. The summed E-state index contributed by atoms with van der Waals surface area (Å²) in [6.07, 6.45) is 0. The first-order chi connectivity index (χ1) is 15.3.